The van der Waals surface area contributed by atoms with Gasteiger partial charge in [0.15, 0.2) is 0 Å². The summed E-state index contributed by atoms with van der Waals surface area (Å²) in [5.74, 6) is 1.07. The van der Waals surface area contributed by atoms with Crippen LogP contribution >= 0.6 is 11.6 Å². The van der Waals surface area contributed by atoms with E-state index in [1.807, 2.05) is 11.0 Å². The lowest BCUT2D eigenvalue weighted by molar-refractivity contribution is 0.0603. The van der Waals surface area contributed by atoms with Gasteiger partial charge in [-0.1, -0.05) is 18.5 Å². The molecule has 5 nitrogen and oxygen atoms in total. The number of fused-ring (bicyclic) bond motifs is 2. The highest BCUT2D eigenvalue weighted by atomic mass is 35.5. The van der Waals surface area contributed by atoms with Gasteiger partial charge < -0.3 is 14.0 Å². The van der Waals surface area contributed by atoms with Crippen molar-refractivity contribution in [1.82, 2.24) is 14.3 Å². The number of carbonyl (C=O) groups excluding carboxylic acids is 1. The Balaban J connectivity index is 1.52. The second-order valence-corrected chi connectivity index (χ2v) is 6.92. The molecule has 23 heavy (non-hydrogen) atoms. The average Bonchev–Trinajstić information content (AvgIpc) is 3.16. The van der Waals surface area contributed by atoms with E-state index in [0.29, 0.717) is 28.7 Å². The maximum Gasteiger partial charge on any atom is 0.274 e. The van der Waals surface area contributed by atoms with Crippen molar-refractivity contribution in [3.05, 3.63) is 35.2 Å². The van der Waals surface area contributed by atoms with Crippen molar-refractivity contribution in [2.75, 3.05) is 19.7 Å². The van der Waals surface area contributed by atoms with Crippen molar-refractivity contribution < 1.29 is 9.53 Å². The van der Waals surface area contributed by atoms with Crippen molar-refractivity contribution in [2.45, 2.75) is 25.9 Å². The first kappa shape index (κ1) is 15.0. The number of carbonyl (C=O) groups is 1. The molecule has 2 aromatic rings. The van der Waals surface area contributed by atoms with Crippen LogP contribution in [-0.4, -0.2) is 46.0 Å². The summed E-state index contributed by atoms with van der Waals surface area (Å²) in [7, 11) is 0. The van der Waals surface area contributed by atoms with Crippen molar-refractivity contribution in [2.24, 2.45) is 11.8 Å². The Bertz CT molecular complexity index is 745. The number of halogens is 1. The summed E-state index contributed by atoms with van der Waals surface area (Å²) >= 11 is 5.99. The number of ether oxygens (including phenoxy) is 1. The zero-order valence-corrected chi connectivity index (χ0v) is 13.9. The van der Waals surface area contributed by atoms with E-state index >= 15 is 0 Å². The molecule has 4 heterocycles. The minimum atomic E-state index is 0.00298. The minimum Gasteiger partial charge on any atom is -0.378 e. The van der Waals surface area contributed by atoms with E-state index < -0.39 is 0 Å². The van der Waals surface area contributed by atoms with Crippen molar-refractivity contribution in [1.29, 1.82) is 0 Å². The van der Waals surface area contributed by atoms with Crippen LogP contribution in [0.15, 0.2) is 24.5 Å². The first-order valence-electron chi connectivity index (χ1n) is 8.21. The SMILES string of the molecule is CC[C@H]1OC[C@H]2CN(C(=O)c3cn4cc(Cl)ccc4n3)CC[C@H]21. The molecule has 0 spiro atoms. The van der Waals surface area contributed by atoms with Crippen LogP contribution in [0.5, 0.6) is 0 Å². The van der Waals surface area contributed by atoms with Crippen LogP contribution < -0.4 is 0 Å². The van der Waals surface area contributed by atoms with Crippen molar-refractivity contribution >= 4 is 23.2 Å². The molecular formula is C17H20ClN3O2. The number of rotatable bonds is 2. The van der Waals surface area contributed by atoms with Gasteiger partial charge in [-0.25, -0.2) is 4.98 Å². The molecule has 0 N–H and O–H groups in total. The van der Waals surface area contributed by atoms with Gasteiger partial charge in [-0.15, -0.1) is 0 Å². The van der Waals surface area contributed by atoms with Gasteiger partial charge in [0, 0.05) is 31.4 Å². The number of hydrogen-bond acceptors (Lipinski definition) is 3. The third-order valence-corrected chi connectivity index (χ3v) is 5.34. The molecular weight excluding hydrogens is 314 g/mol. The van der Waals surface area contributed by atoms with E-state index in [1.54, 1.807) is 22.9 Å². The number of aromatic nitrogens is 2. The molecule has 0 radical (unpaired) electrons. The number of piperidine rings is 1. The Morgan fingerprint density at radius 2 is 2.30 bits per heavy atom. The Kier molecular flexibility index (Phi) is 3.77. The number of imidazole rings is 1. The highest BCUT2D eigenvalue weighted by Crippen LogP contribution is 2.36. The Morgan fingerprint density at radius 3 is 3.13 bits per heavy atom. The first-order chi connectivity index (χ1) is 11.2. The third-order valence-electron chi connectivity index (χ3n) is 5.12. The molecule has 2 fully saturated rings. The van der Waals surface area contributed by atoms with Gasteiger partial charge in [0.2, 0.25) is 0 Å². The first-order valence-corrected chi connectivity index (χ1v) is 8.58. The second kappa shape index (κ2) is 5.80. The van der Waals surface area contributed by atoms with E-state index in [2.05, 4.69) is 11.9 Å². The number of nitrogens with zero attached hydrogens (tertiary/aromatic N) is 3. The molecule has 2 saturated heterocycles. The van der Waals surface area contributed by atoms with Crippen LogP contribution in [0.4, 0.5) is 0 Å². The average molecular weight is 334 g/mol. The summed E-state index contributed by atoms with van der Waals surface area (Å²) in [6.07, 6.45) is 5.98. The van der Waals surface area contributed by atoms with Crippen LogP contribution in [-0.2, 0) is 4.74 Å². The lowest BCUT2D eigenvalue weighted by Gasteiger charge is -2.35. The normalized spacial score (nSPS) is 27.4. The van der Waals surface area contributed by atoms with E-state index in [1.165, 1.54) is 0 Å². The molecule has 0 aromatic carbocycles. The van der Waals surface area contributed by atoms with Crippen LogP contribution in [0, 0.1) is 11.8 Å². The Morgan fingerprint density at radius 1 is 1.43 bits per heavy atom. The third kappa shape index (κ3) is 2.62. The quantitative estimate of drug-likeness (QED) is 0.849. The molecule has 1 amide bonds. The standard InChI is InChI=1S/C17H20ClN3O2/c1-2-15-13-5-6-20(7-11(13)10-23-15)17(22)14-9-21-8-12(18)3-4-16(21)19-14/h3-4,8-9,11,13,15H,2,5-7,10H2,1H3/t11-,13-,15-/m1/s1. The largest absolute Gasteiger partial charge is 0.378 e. The highest BCUT2D eigenvalue weighted by Gasteiger charge is 2.41. The Labute approximate surface area is 140 Å². The summed E-state index contributed by atoms with van der Waals surface area (Å²) in [5.41, 5.74) is 1.22. The molecule has 4 rings (SSSR count). The summed E-state index contributed by atoms with van der Waals surface area (Å²) in [6.45, 7) is 4.50. The zero-order chi connectivity index (χ0) is 16.0. The maximum atomic E-state index is 12.8. The second-order valence-electron chi connectivity index (χ2n) is 6.48. The maximum absolute atomic E-state index is 12.8. The predicted octanol–water partition coefficient (Wildman–Crippen LogP) is 2.87. The molecule has 0 unspecified atom stereocenters. The lowest BCUT2D eigenvalue weighted by atomic mass is 9.83. The fourth-order valence-corrected chi connectivity index (χ4v) is 4.09. The van der Waals surface area contributed by atoms with Gasteiger partial charge in [-0.2, -0.15) is 0 Å². The molecule has 0 saturated carbocycles. The highest BCUT2D eigenvalue weighted by molar-refractivity contribution is 6.30. The van der Waals surface area contributed by atoms with Crippen LogP contribution in [0.1, 0.15) is 30.3 Å². The fraction of sp³-hybridized carbons (Fsp3) is 0.529. The van der Waals surface area contributed by atoms with Gasteiger partial charge >= 0.3 is 0 Å². The monoisotopic (exact) mass is 333 g/mol. The molecule has 3 atom stereocenters. The van der Waals surface area contributed by atoms with Gasteiger partial charge in [0.05, 0.1) is 17.7 Å². The van der Waals surface area contributed by atoms with Crippen LogP contribution in [0.25, 0.3) is 5.65 Å². The molecule has 2 aliphatic heterocycles. The molecule has 122 valence electrons. The fourth-order valence-electron chi connectivity index (χ4n) is 3.92. The Hall–Kier alpha value is -1.59. The molecule has 2 aliphatic rings. The number of pyridine rings is 1. The number of hydrogen-bond donors (Lipinski definition) is 0. The smallest absolute Gasteiger partial charge is 0.274 e. The topological polar surface area (TPSA) is 46.8 Å². The molecule has 0 aliphatic carbocycles. The predicted molar refractivity (Wildman–Crippen MR) is 87.7 cm³/mol. The summed E-state index contributed by atoms with van der Waals surface area (Å²) in [6, 6.07) is 3.60. The minimum absolute atomic E-state index is 0.00298. The van der Waals surface area contributed by atoms with Gasteiger partial charge in [-0.3, -0.25) is 4.79 Å². The number of amides is 1. The van der Waals surface area contributed by atoms with E-state index in [0.717, 1.165) is 38.2 Å². The van der Waals surface area contributed by atoms with Crippen molar-refractivity contribution in [3.63, 3.8) is 0 Å². The summed E-state index contributed by atoms with van der Waals surface area (Å²) < 4.78 is 7.67. The molecule has 0 bridgehead atoms. The lowest BCUT2D eigenvalue weighted by Crippen LogP contribution is -2.44. The number of likely N-dealkylation sites (tertiary alicyclic amines) is 1. The zero-order valence-electron chi connectivity index (χ0n) is 13.1. The van der Waals surface area contributed by atoms with Crippen molar-refractivity contribution in [3.8, 4) is 0 Å². The van der Waals surface area contributed by atoms with Crippen LogP contribution in [0.2, 0.25) is 5.02 Å². The summed E-state index contributed by atoms with van der Waals surface area (Å²) in [5, 5.41) is 0.628. The van der Waals surface area contributed by atoms with Crippen LogP contribution in [0.3, 0.4) is 0 Å². The molecule has 2 aromatic heterocycles. The summed E-state index contributed by atoms with van der Waals surface area (Å²) in [4.78, 5) is 19.1. The van der Waals surface area contributed by atoms with Gasteiger partial charge in [0.25, 0.3) is 5.91 Å². The molecule has 6 heteroatoms. The van der Waals surface area contributed by atoms with Gasteiger partial charge in [-0.05, 0) is 30.9 Å². The van der Waals surface area contributed by atoms with E-state index in [-0.39, 0.29) is 5.91 Å². The van der Waals surface area contributed by atoms with E-state index in [9.17, 15) is 4.79 Å². The van der Waals surface area contributed by atoms with Gasteiger partial charge in [0.1, 0.15) is 11.3 Å². The van der Waals surface area contributed by atoms with E-state index in [4.69, 9.17) is 16.3 Å².